The number of esters is 1. The highest BCUT2D eigenvalue weighted by atomic mass is 32.1. The molecule has 0 unspecified atom stereocenters. The first-order chi connectivity index (χ1) is 8.55. The van der Waals surface area contributed by atoms with Crippen LogP contribution < -0.4 is 0 Å². The van der Waals surface area contributed by atoms with E-state index >= 15 is 0 Å². The predicted octanol–water partition coefficient (Wildman–Crippen LogP) is 2.64. The van der Waals surface area contributed by atoms with E-state index < -0.39 is 5.41 Å². The molecule has 0 saturated carbocycles. The van der Waals surface area contributed by atoms with Crippen LogP contribution in [0.15, 0.2) is 21.3 Å². The summed E-state index contributed by atoms with van der Waals surface area (Å²) >= 11 is 1.55. The Hall–Kier alpha value is -1.69. The van der Waals surface area contributed by atoms with Gasteiger partial charge in [0.05, 0.1) is 6.61 Å². The van der Waals surface area contributed by atoms with Gasteiger partial charge in [0, 0.05) is 10.9 Å². The minimum Gasteiger partial charge on any atom is -0.465 e. The van der Waals surface area contributed by atoms with E-state index in [-0.39, 0.29) is 11.9 Å². The molecule has 6 heteroatoms. The van der Waals surface area contributed by atoms with Crippen molar-refractivity contribution in [2.24, 2.45) is 0 Å². The second-order valence-electron chi connectivity index (χ2n) is 4.28. The summed E-state index contributed by atoms with van der Waals surface area (Å²) in [4.78, 5) is 16.1. The maximum Gasteiger partial charge on any atom is 0.321 e. The van der Waals surface area contributed by atoms with Crippen LogP contribution in [0.2, 0.25) is 0 Å². The normalized spacial score (nSPS) is 11.5. The van der Waals surface area contributed by atoms with E-state index in [1.54, 1.807) is 32.1 Å². The molecule has 0 spiro atoms. The molecule has 0 saturated heterocycles. The number of rotatable bonds is 4. The fourth-order valence-corrected chi connectivity index (χ4v) is 2.02. The zero-order valence-corrected chi connectivity index (χ0v) is 11.3. The van der Waals surface area contributed by atoms with E-state index in [9.17, 15) is 4.79 Å². The summed E-state index contributed by atoms with van der Waals surface area (Å²) in [7, 11) is 0. The van der Waals surface area contributed by atoms with Crippen molar-refractivity contribution in [2.75, 3.05) is 6.61 Å². The fraction of sp³-hybridized carbons (Fsp3) is 0.417. The van der Waals surface area contributed by atoms with E-state index in [1.807, 2.05) is 16.8 Å². The molecule has 0 bridgehead atoms. The van der Waals surface area contributed by atoms with Crippen LogP contribution in [0.1, 0.15) is 26.7 Å². The molecule has 2 heterocycles. The molecule has 5 nitrogen and oxygen atoms in total. The topological polar surface area (TPSA) is 65.2 Å². The van der Waals surface area contributed by atoms with Gasteiger partial charge in [-0.05, 0) is 32.2 Å². The van der Waals surface area contributed by atoms with Gasteiger partial charge >= 0.3 is 5.97 Å². The van der Waals surface area contributed by atoms with Crippen molar-refractivity contribution in [1.29, 1.82) is 0 Å². The van der Waals surface area contributed by atoms with Gasteiger partial charge in [-0.1, -0.05) is 5.16 Å². The molecule has 0 atom stereocenters. The Balaban J connectivity index is 2.27. The predicted molar refractivity (Wildman–Crippen MR) is 67.3 cm³/mol. The van der Waals surface area contributed by atoms with Crippen LogP contribution in [0, 0.1) is 0 Å². The Kier molecular flexibility index (Phi) is 3.47. The van der Waals surface area contributed by atoms with Gasteiger partial charge in [-0.3, -0.25) is 4.79 Å². The van der Waals surface area contributed by atoms with Gasteiger partial charge in [0.1, 0.15) is 5.41 Å². The summed E-state index contributed by atoms with van der Waals surface area (Å²) in [6.45, 7) is 5.50. The van der Waals surface area contributed by atoms with Gasteiger partial charge in [-0.25, -0.2) is 0 Å². The summed E-state index contributed by atoms with van der Waals surface area (Å²) in [6, 6.07) is 1.90. The molecule has 2 aromatic heterocycles. The number of carbonyl (C=O) groups excluding carboxylic acids is 1. The van der Waals surface area contributed by atoms with Crippen LogP contribution in [0.5, 0.6) is 0 Å². The van der Waals surface area contributed by atoms with E-state index in [0.717, 1.165) is 5.56 Å². The van der Waals surface area contributed by atoms with Crippen molar-refractivity contribution in [1.82, 2.24) is 10.1 Å². The molecule has 0 aliphatic rings. The molecule has 0 aliphatic heterocycles. The lowest BCUT2D eigenvalue weighted by atomic mass is 9.94. The third-order valence-corrected chi connectivity index (χ3v) is 3.21. The summed E-state index contributed by atoms with van der Waals surface area (Å²) in [5, 5.41) is 7.74. The van der Waals surface area contributed by atoms with Crippen molar-refractivity contribution in [2.45, 2.75) is 26.2 Å². The first kappa shape index (κ1) is 12.8. The molecule has 2 aromatic rings. The number of hydrogen-bond acceptors (Lipinski definition) is 6. The van der Waals surface area contributed by atoms with Gasteiger partial charge in [0.15, 0.2) is 0 Å². The SMILES string of the molecule is CCOC(=O)C(C)(C)c1nc(-c2ccsc2)no1. The Bertz CT molecular complexity index is 531. The lowest BCUT2D eigenvalue weighted by Crippen LogP contribution is -2.31. The van der Waals surface area contributed by atoms with Crippen LogP contribution in [0.25, 0.3) is 11.4 Å². The van der Waals surface area contributed by atoms with Crippen LogP contribution in [0.3, 0.4) is 0 Å². The van der Waals surface area contributed by atoms with Crippen LogP contribution in [-0.2, 0) is 14.9 Å². The highest BCUT2D eigenvalue weighted by Crippen LogP contribution is 2.26. The second kappa shape index (κ2) is 4.89. The minimum atomic E-state index is -0.933. The first-order valence-corrected chi connectivity index (χ1v) is 6.54. The lowest BCUT2D eigenvalue weighted by molar-refractivity contribution is -0.149. The molecule has 0 amide bonds. The quantitative estimate of drug-likeness (QED) is 0.796. The fourth-order valence-electron chi connectivity index (χ4n) is 1.39. The third kappa shape index (κ3) is 2.28. The molecule has 0 aliphatic carbocycles. The Morgan fingerprint density at radius 2 is 2.33 bits per heavy atom. The molecular formula is C12H14N2O3S. The summed E-state index contributed by atoms with van der Waals surface area (Å²) in [6.07, 6.45) is 0. The summed E-state index contributed by atoms with van der Waals surface area (Å²) in [5.41, 5.74) is -0.0493. The van der Waals surface area contributed by atoms with E-state index in [4.69, 9.17) is 9.26 Å². The molecular weight excluding hydrogens is 252 g/mol. The molecule has 0 aromatic carbocycles. The number of hydrogen-bond donors (Lipinski definition) is 0. The number of thiophene rings is 1. The maximum atomic E-state index is 11.8. The number of nitrogens with zero attached hydrogens (tertiary/aromatic N) is 2. The standard InChI is InChI=1S/C12H14N2O3S/c1-4-16-11(15)12(2,3)10-13-9(14-17-10)8-5-6-18-7-8/h5-7H,4H2,1-3H3. The minimum absolute atomic E-state index is 0.266. The average Bonchev–Trinajstić information content (AvgIpc) is 3.00. The van der Waals surface area contributed by atoms with Gasteiger partial charge in [-0.2, -0.15) is 16.3 Å². The van der Waals surface area contributed by atoms with E-state index in [0.29, 0.717) is 12.4 Å². The summed E-state index contributed by atoms with van der Waals surface area (Å²) < 4.78 is 10.2. The largest absolute Gasteiger partial charge is 0.465 e. The smallest absolute Gasteiger partial charge is 0.321 e. The maximum absolute atomic E-state index is 11.8. The first-order valence-electron chi connectivity index (χ1n) is 5.59. The average molecular weight is 266 g/mol. The van der Waals surface area contributed by atoms with Crippen molar-refractivity contribution >= 4 is 17.3 Å². The van der Waals surface area contributed by atoms with Gasteiger partial charge in [-0.15, -0.1) is 0 Å². The Labute approximate surface area is 109 Å². The number of aromatic nitrogens is 2. The molecule has 18 heavy (non-hydrogen) atoms. The zero-order valence-electron chi connectivity index (χ0n) is 10.5. The monoisotopic (exact) mass is 266 g/mol. The van der Waals surface area contributed by atoms with Crippen molar-refractivity contribution in [3.05, 3.63) is 22.7 Å². The Morgan fingerprint density at radius 1 is 1.56 bits per heavy atom. The van der Waals surface area contributed by atoms with E-state index in [1.165, 1.54) is 0 Å². The van der Waals surface area contributed by atoms with Crippen LogP contribution >= 0.6 is 11.3 Å². The molecule has 0 radical (unpaired) electrons. The molecule has 2 rings (SSSR count). The second-order valence-corrected chi connectivity index (χ2v) is 5.06. The van der Waals surface area contributed by atoms with E-state index in [2.05, 4.69) is 10.1 Å². The summed E-state index contributed by atoms with van der Waals surface area (Å²) in [5.74, 6) is 0.385. The third-order valence-electron chi connectivity index (χ3n) is 2.53. The van der Waals surface area contributed by atoms with Crippen molar-refractivity contribution in [3.8, 4) is 11.4 Å². The van der Waals surface area contributed by atoms with Gasteiger partial charge in [0.25, 0.3) is 0 Å². The highest BCUT2D eigenvalue weighted by molar-refractivity contribution is 7.08. The van der Waals surface area contributed by atoms with Crippen LogP contribution in [-0.4, -0.2) is 22.7 Å². The number of carbonyl (C=O) groups is 1. The van der Waals surface area contributed by atoms with Gasteiger partial charge in [0.2, 0.25) is 11.7 Å². The molecule has 0 fully saturated rings. The van der Waals surface area contributed by atoms with Crippen LogP contribution in [0.4, 0.5) is 0 Å². The van der Waals surface area contributed by atoms with Gasteiger partial charge < -0.3 is 9.26 Å². The lowest BCUT2D eigenvalue weighted by Gasteiger charge is -2.16. The molecule has 0 N–H and O–H groups in total. The Morgan fingerprint density at radius 3 is 2.94 bits per heavy atom. The number of ether oxygens (including phenoxy) is 1. The zero-order chi connectivity index (χ0) is 13.2. The van der Waals surface area contributed by atoms with Crippen molar-refractivity contribution < 1.29 is 14.1 Å². The highest BCUT2D eigenvalue weighted by Gasteiger charge is 2.37. The molecule has 96 valence electrons. The van der Waals surface area contributed by atoms with Crippen molar-refractivity contribution in [3.63, 3.8) is 0 Å².